The van der Waals surface area contributed by atoms with Crippen LogP contribution in [-0.2, 0) is 36.1 Å². The van der Waals surface area contributed by atoms with Gasteiger partial charge in [0.15, 0.2) is 0 Å². The van der Waals surface area contributed by atoms with Gasteiger partial charge in [0.2, 0.25) is 5.91 Å². The molecule has 0 spiro atoms. The standard InChI is InChI=1S/C39H56ClN5O8/c1-25(2)33(42-38(49)51-5)35(46)41-31(21-27-13-9-7-10-14-27)32(53-37(48)30-19-17-28(22-40)18-20-30)24-45(23-29-15-11-8-12-16-29)44-36(47)34(26(3)4)43-39(50)52-6/h7,9-10,13-14,17-20,25-26,29,31-34H,8,11-12,15-16,21-24H2,1-6H3,(H,41,46)(H,42,49)(H,43,50)(H,44,47)/t31?,32?,33-,34-/m0/s1. The number of benzene rings is 2. The van der Waals surface area contributed by atoms with Gasteiger partial charge in [0, 0.05) is 12.4 Å². The van der Waals surface area contributed by atoms with Gasteiger partial charge in [-0.2, -0.15) is 0 Å². The van der Waals surface area contributed by atoms with E-state index in [2.05, 4.69) is 21.4 Å². The molecule has 0 saturated heterocycles. The van der Waals surface area contributed by atoms with Gasteiger partial charge in [0.1, 0.15) is 18.2 Å². The number of alkyl carbamates (subject to hydrolysis) is 2. The number of nitrogens with zero attached hydrogens (tertiary/aromatic N) is 1. The molecule has 4 N–H and O–H groups in total. The first-order valence-corrected chi connectivity index (χ1v) is 18.8. The van der Waals surface area contributed by atoms with Gasteiger partial charge in [-0.15, -0.1) is 11.6 Å². The Balaban J connectivity index is 2.08. The molecule has 4 atom stereocenters. The SMILES string of the molecule is COC(=O)N[C@H](C(=O)NC(Cc1ccccc1)C(CN(CC1CCCCC1)NC(=O)[C@@H](NC(=O)OC)C(C)C)OC(=O)c1ccc(CCl)cc1)C(C)C. The number of nitrogens with one attached hydrogen (secondary N) is 4. The van der Waals surface area contributed by atoms with E-state index in [0.29, 0.717) is 6.54 Å². The van der Waals surface area contributed by atoms with E-state index in [1.807, 2.05) is 44.2 Å². The van der Waals surface area contributed by atoms with Crippen LogP contribution in [0.5, 0.6) is 0 Å². The third-order valence-corrected chi connectivity index (χ3v) is 9.67. The molecular weight excluding hydrogens is 702 g/mol. The number of hydrogen-bond donors (Lipinski definition) is 4. The molecule has 13 nitrogen and oxygen atoms in total. The molecule has 292 valence electrons. The first-order valence-electron chi connectivity index (χ1n) is 18.3. The number of carbonyl (C=O) groups excluding carboxylic acids is 5. The quantitative estimate of drug-likeness (QED) is 0.0679. The summed E-state index contributed by atoms with van der Waals surface area (Å²) in [6, 6.07) is 13.5. The molecule has 2 aromatic rings. The van der Waals surface area contributed by atoms with Crippen LogP contribution in [0.15, 0.2) is 54.6 Å². The third kappa shape index (κ3) is 14.2. The van der Waals surface area contributed by atoms with Crippen LogP contribution in [0.1, 0.15) is 81.3 Å². The molecule has 2 aromatic carbocycles. The second-order valence-corrected chi connectivity index (χ2v) is 14.4. The minimum absolute atomic E-state index is 0.00859. The van der Waals surface area contributed by atoms with E-state index in [9.17, 15) is 24.0 Å². The molecule has 0 radical (unpaired) electrons. The Bertz CT molecular complexity index is 1470. The van der Waals surface area contributed by atoms with Crippen LogP contribution in [0, 0.1) is 17.8 Å². The molecule has 14 heteroatoms. The van der Waals surface area contributed by atoms with Crippen molar-refractivity contribution in [1.29, 1.82) is 0 Å². The molecule has 0 aromatic heterocycles. The molecule has 2 unspecified atom stereocenters. The monoisotopic (exact) mass is 757 g/mol. The van der Waals surface area contributed by atoms with Crippen molar-refractivity contribution in [3.63, 3.8) is 0 Å². The lowest BCUT2D eigenvalue weighted by Gasteiger charge is -2.36. The Morgan fingerprint density at radius 2 is 1.32 bits per heavy atom. The smallest absolute Gasteiger partial charge is 0.407 e. The molecule has 0 bridgehead atoms. The van der Waals surface area contributed by atoms with E-state index in [0.717, 1.165) is 43.2 Å². The van der Waals surface area contributed by atoms with Gasteiger partial charge in [-0.1, -0.05) is 89.4 Å². The first-order chi connectivity index (χ1) is 25.3. The summed E-state index contributed by atoms with van der Waals surface area (Å²) in [6.45, 7) is 7.64. The Morgan fingerprint density at radius 1 is 0.755 bits per heavy atom. The lowest BCUT2D eigenvalue weighted by Crippen LogP contribution is -2.60. The van der Waals surface area contributed by atoms with Gasteiger partial charge in [0.25, 0.3) is 5.91 Å². The van der Waals surface area contributed by atoms with Crippen LogP contribution in [-0.4, -0.2) is 86.5 Å². The average Bonchev–Trinajstić information content (AvgIpc) is 3.15. The van der Waals surface area contributed by atoms with E-state index < -0.39 is 54.2 Å². The highest BCUT2D eigenvalue weighted by atomic mass is 35.5. The van der Waals surface area contributed by atoms with Crippen LogP contribution >= 0.6 is 11.6 Å². The molecule has 3 rings (SSSR count). The first kappa shape index (κ1) is 43.0. The highest BCUT2D eigenvalue weighted by Crippen LogP contribution is 2.25. The topological polar surface area (TPSA) is 164 Å². The molecule has 1 aliphatic rings. The lowest BCUT2D eigenvalue weighted by atomic mass is 9.89. The molecule has 1 aliphatic carbocycles. The number of esters is 1. The maximum absolute atomic E-state index is 14.0. The zero-order valence-corrected chi connectivity index (χ0v) is 32.4. The zero-order chi connectivity index (χ0) is 38.9. The number of hydrazine groups is 1. The summed E-state index contributed by atoms with van der Waals surface area (Å²) in [4.78, 5) is 66.1. The Labute approximate surface area is 318 Å². The number of hydrogen-bond acceptors (Lipinski definition) is 9. The fourth-order valence-corrected chi connectivity index (χ4v) is 6.51. The van der Waals surface area contributed by atoms with Crippen molar-refractivity contribution in [2.75, 3.05) is 27.3 Å². The van der Waals surface area contributed by atoms with Crippen molar-refractivity contribution in [1.82, 2.24) is 26.4 Å². The number of halogens is 1. The number of methoxy groups -OCH3 is 2. The summed E-state index contributed by atoms with van der Waals surface area (Å²) in [7, 11) is 2.45. The van der Waals surface area contributed by atoms with Crippen LogP contribution in [0.3, 0.4) is 0 Å². The van der Waals surface area contributed by atoms with Crippen molar-refractivity contribution in [3.05, 3.63) is 71.3 Å². The van der Waals surface area contributed by atoms with Crippen molar-refractivity contribution in [2.24, 2.45) is 17.8 Å². The summed E-state index contributed by atoms with van der Waals surface area (Å²) in [6.07, 6.45) is 2.89. The normalized spacial score (nSPS) is 15.5. The van der Waals surface area contributed by atoms with E-state index in [4.69, 9.17) is 25.8 Å². The van der Waals surface area contributed by atoms with Gasteiger partial charge in [-0.05, 0) is 60.3 Å². The summed E-state index contributed by atoms with van der Waals surface area (Å²) in [5.74, 6) is -1.67. The fraction of sp³-hybridized carbons (Fsp3) is 0.564. The molecule has 1 fully saturated rings. The van der Waals surface area contributed by atoms with E-state index >= 15 is 0 Å². The zero-order valence-electron chi connectivity index (χ0n) is 31.7. The Hall–Kier alpha value is -4.36. The molecule has 0 aliphatic heterocycles. The highest BCUT2D eigenvalue weighted by molar-refractivity contribution is 6.17. The van der Waals surface area contributed by atoms with Crippen molar-refractivity contribution in [3.8, 4) is 0 Å². The molecule has 1 saturated carbocycles. The van der Waals surface area contributed by atoms with E-state index in [1.165, 1.54) is 14.2 Å². The summed E-state index contributed by atoms with van der Waals surface area (Å²) in [5.41, 5.74) is 4.98. The lowest BCUT2D eigenvalue weighted by molar-refractivity contribution is -0.131. The van der Waals surface area contributed by atoms with Gasteiger partial charge in [-0.3, -0.25) is 15.0 Å². The number of alkyl halides is 1. The summed E-state index contributed by atoms with van der Waals surface area (Å²) in [5, 5.41) is 10.0. The van der Waals surface area contributed by atoms with Gasteiger partial charge in [0.05, 0.1) is 32.4 Å². The molecule has 0 heterocycles. The predicted molar refractivity (Wildman–Crippen MR) is 202 cm³/mol. The highest BCUT2D eigenvalue weighted by Gasteiger charge is 2.35. The second kappa shape index (κ2) is 22.0. The predicted octanol–water partition coefficient (Wildman–Crippen LogP) is 5.35. The van der Waals surface area contributed by atoms with Crippen LogP contribution < -0.4 is 21.4 Å². The van der Waals surface area contributed by atoms with Gasteiger partial charge < -0.3 is 30.2 Å². The fourth-order valence-electron chi connectivity index (χ4n) is 6.33. The maximum atomic E-state index is 14.0. The molecule has 4 amide bonds. The van der Waals surface area contributed by atoms with E-state index in [1.54, 1.807) is 43.1 Å². The number of amides is 4. The average molecular weight is 758 g/mol. The Morgan fingerprint density at radius 3 is 1.85 bits per heavy atom. The largest absolute Gasteiger partial charge is 0.455 e. The minimum Gasteiger partial charge on any atom is -0.455 e. The van der Waals surface area contributed by atoms with Crippen molar-refractivity contribution < 1.29 is 38.2 Å². The van der Waals surface area contributed by atoms with Crippen molar-refractivity contribution >= 4 is 41.6 Å². The van der Waals surface area contributed by atoms with Crippen LogP contribution in [0.4, 0.5) is 9.59 Å². The summed E-state index contributed by atoms with van der Waals surface area (Å²) < 4.78 is 15.9. The third-order valence-electron chi connectivity index (χ3n) is 9.36. The van der Waals surface area contributed by atoms with Crippen molar-refractivity contribution in [2.45, 2.75) is 96.3 Å². The van der Waals surface area contributed by atoms with E-state index in [-0.39, 0.29) is 42.2 Å². The number of carbonyl (C=O) groups is 5. The number of rotatable bonds is 18. The second-order valence-electron chi connectivity index (χ2n) is 14.2. The number of ether oxygens (including phenoxy) is 3. The van der Waals surface area contributed by atoms with Crippen LogP contribution in [0.2, 0.25) is 0 Å². The minimum atomic E-state index is -1.01. The van der Waals surface area contributed by atoms with Crippen LogP contribution in [0.25, 0.3) is 0 Å². The summed E-state index contributed by atoms with van der Waals surface area (Å²) >= 11 is 5.99. The van der Waals surface area contributed by atoms with Gasteiger partial charge in [-0.25, -0.2) is 19.4 Å². The van der Waals surface area contributed by atoms with Gasteiger partial charge >= 0.3 is 18.2 Å². The molecule has 53 heavy (non-hydrogen) atoms. The maximum Gasteiger partial charge on any atom is 0.407 e. The Kier molecular flexibility index (Phi) is 17.9. The molecular formula is C39H56ClN5O8.